The molecule has 1 aromatic heterocycles. The van der Waals surface area contributed by atoms with Crippen LogP contribution in [-0.2, 0) is 13.1 Å². The summed E-state index contributed by atoms with van der Waals surface area (Å²) in [5, 5.41) is 0.116. The molecule has 3 N–H and O–H groups in total. The molecule has 0 bridgehead atoms. The van der Waals surface area contributed by atoms with Crippen molar-refractivity contribution in [1.82, 2.24) is 9.55 Å². The number of aromatic nitrogens is 2. The summed E-state index contributed by atoms with van der Waals surface area (Å²) in [6.07, 6.45) is 1.40. The number of para-hydroxylation sites is 1. The number of ether oxygens (including phenoxy) is 1. The van der Waals surface area contributed by atoms with Crippen molar-refractivity contribution >= 4 is 29.0 Å². The first kappa shape index (κ1) is 24.1. The lowest BCUT2D eigenvalue weighted by Crippen LogP contribution is -2.41. The van der Waals surface area contributed by atoms with Crippen molar-refractivity contribution in [2.75, 3.05) is 17.7 Å². The molecule has 0 atom stereocenters. The van der Waals surface area contributed by atoms with E-state index in [9.17, 15) is 18.8 Å². The Morgan fingerprint density at radius 1 is 1.24 bits per heavy atom. The summed E-state index contributed by atoms with van der Waals surface area (Å²) < 4.78 is 21.2. The highest BCUT2D eigenvalue weighted by Crippen LogP contribution is 2.27. The molecule has 174 valence electrons. The number of carbonyl (C=O) groups is 1. The Hall–Kier alpha value is -3.59. The number of rotatable bonds is 8. The maximum Gasteiger partial charge on any atom is 0.330 e. The van der Waals surface area contributed by atoms with Crippen molar-refractivity contribution in [2.45, 2.75) is 32.9 Å². The fraction of sp³-hybridized carbons (Fsp3) is 0.261. The van der Waals surface area contributed by atoms with Gasteiger partial charge in [-0.25, -0.2) is 9.18 Å². The van der Waals surface area contributed by atoms with Crippen LogP contribution in [0.5, 0.6) is 5.75 Å². The molecule has 0 saturated carbocycles. The fourth-order valence-corrected chi connectivity index (χ4v) is 3.60. The Balaban J connectivity index is 2.22. The molecule has 1 amide bonds. The van der Waals surface area contributed by atoms with Crippen molar-refractivity contribution in [3.05, 3.63) is 85.3 Å². The van der Waals surface area contributed by atoms with Gasteiger partial charge in [-0.2, -0.15) is 0 Å². The second-order valence-electron chi connectivity index (χ2n) is 7.33. The number of anilines is 2. The van der Waals surface area contributed by atoms with Gasteiger partial charge in [0.15, 0.2) is 5.69 Å². The maximum atomic E-state index is 14.6. The highest BCUT2D eigenvalue weighted by Gasteiger charge is 2.28. The Bertz CT molecular complexity index is 1290. The van der Waals surface area contributed by atoms with Crippen LogP contribution in [0.2, 0.25) is 5.02 Å². The number of aromatic amines is 1. The van der Waals surface area contributed by atoms with E-state index in [1.807, 2.05) is 6.92 Å². The number of methoxy groups -OCH3 is 1. The number of hydrogen-bond donors (Lipinski definition) is 2. The summed E-state index contributed by atoms with van der Waals surface area (Å²) in [5.41, 5.74) is 4.68. The van der Waals surface area contributed by atoms with Crippen molar-refractivity contribution < 1.29 is 13.9 Å². The van der Waals surface area contributed by atoms with Gasteiger partial charge in [0.2, 0.25) is 0 Å². The molecule has 0 saturated heterocycles. The first-order chi connectivity index (χ1) is 15.8. The monoisotopic (exact) mass is 474 g/mol. The van der Waals surface area contributed by atoms with Gasteiger partial charge in [-0.15, -0.1) is 0 Å². The lowest BCUT2D eigenvalue weighted by Gasteiger charge is -2.25. The van der Waals surface area contributed by atoms with E-state index in [0.29, 0.717) is 17.7 Å². The van der Waals surface area contributed by atoms with Crippen molar-refractivity contribution in [2.24, 2.45) is 0 Å². The van der Waals surface area contributed by atoms with Gasteiger partial charge >= 0.3 is 5.69 Å². The van der Waals surface area contributed by atoms with Gasteiger partial charge in [0.1, 0.15) is 17.4 Å². The summed E-state index contributed by atoms with van der Waals surface area (Å²) in [6, 6.07) is 10.5. The Morgan fingerprint density at radius 2 is 1.97 bits per heavy atom. The molecular formula is C23H24ClFN4O4. The van der Waals surface area contributed by atoms with Crippen LogP contribution in [0.1, 0.15) is 35.7 Å². The minimum Gasteiger partial charge on any atom is -0.496 e. The van der Waals surface area contributed by atoms with Crippen molar-refractivity contribution in [1.29, 1.82) is 0 Å². The maximum absolute atomic E-state index is 14.6. The zero-order chi connectivity index (χ0) is 24.1. The number of halogens is 2. The summed E-state index contributed by atoms with van der Waals surface area (Å²) in [4.78, 5) is 42.0. The molecule has 0 unspecified atom stereocenters. The van der Waals surface area contributed by atoms with E-state index in [1.54, 1.807) is 24.3 Å². The number of H-pyrrole nitrogens is 1. The molecule has 0 aliphatic rings. The van der Waals surface area contributed by atoms with E-state index in [0.717, 1.165) is 17.4 Å². The molecule has 0 spiro atoms. The second kappa shape index (κ2) is 10.4. The van der Waals surface area contributed by atoms with Crippen LogP contribution in [0, 0.1) is 5.82 Å². The number of unbranched alkanes of at least 4 members (excludes halogenated alkanes) is 1. The third-order valence-corrected chi connectivity index (χ3v) is 5.38. The standard InChI is InChI=1S/C23H24ClFN4O4/c1-3-4-11-28-20(26)19(21(30)27-23(28)32)29(13-14-7-5-6-8-18(14)33-2)22(31)16-10-9-15(24)12-17(16)25/h5-10,12H,3-4,11,13,26H2,1-2H3,(H,27,30,32). The van der Waals surface area contributed by atoms with Gasteiger partial charge in [-0.3, -0.25) is 24.0 Å². The first-order valence-electron chi connectivity index (χ1n) is 10.3. The number of amides is 1. The quantitative estimate of drug-likeness (QED) is 0.518. The predicted molar refractivity (Wildman–Crippen MR) is 126 cm³/mol. The van der Waals surface area contributed by atoms with Crippen molar-refractivity contribution in [3.63, 3.8) is 0 Å². The fourth-order valence-electron chi connectivity index (χ4n) is 3.44. The molecule has 0 radical (unpaired) electrons. The summed E-state index contributed by atoms with van der Waals surface area (Å²) in [5.74, 6) is -1.41. The summed E-state index contributed by atoms with van der Waals surface area (Å²) >= 11 is 5.83. The van der Waals surface area contributed by atoms with E-state index in [2.05, 4.69) is 4.98 Å². The number of nitrogen functional groups attached to an aromatic ring is 1. The number of carbonyl (C=O) groups excluding carboxylic acids is 1. The predicted octanol–water partition coefficient (Wildman–Crippen LogP) is 3.57. The minimum absolute atomic E-state index is 0.116. The molecular weight excluding hydrogens is 451 g/mol. The lowest BCUT2D eigenvalue weighted by molar-refractivity contribution is 0.0980. The second-order valence-corrected chi connectivity index (χ2v) is 7.76. The molecule has 2 aromatic carbocycles. The van der Waals surface area contributed by atoms with Crippen LogP contribution in [0.25, 0.3) is 0 Å². The average molecular weight is 475 g/mol. The van der Waals surface area contributed by atoms with Gasteiger partial charge in [-0.1, -0.05) is 43.1 Å². The van der Waals surface area contributed by atoms with Gasteiger partial charge in [0.05, 0.1) is 19.2 Å². The molecule has 10 heteroatoms. The smallest absolute Gasteiger partial charge is 0.330 e. The Kier molecular flexibility index (Phi) is 7.55. The van der Waals surface area contributed by atoms with Gasteiger partial charge in [-0.05, 0) is 30.7 Å². The SMILES string of the molecule is CCCCn1c(N)c(N(Cc2ccccc2OC)C(=O)c2ccc(Cl)cc2F)c(=O)[nH]c1=O. The minimum atomic E-state index is -0.858. The number of benzene rings is 2. The average Bonchev–Trinajstić information content (AvgIpc) is 2.78. The first-order valence-corrected chi connectivity index (χ1v) is 10.7. The van der Waals surface area contributed by atoms with Gasteiger partial charge < -0.3 is 10.5 Å². The molecule has 1 heterocycles. The van der Waals surface area contributed by atoms with Gasteiger partial charge in [0.25, 0.3) is 11.5 Å². The number of nitrogens with zero attached hydrogens (tertiary/aromatic N) is 2. The number of nitrogens with two attached hydrogens (primary N) is 1. The van der Waals surface area contributed by atoms with E-state index in [4.69, 9.17) is 22.1 Å². The van der Waals surface area contributed by atoms with Crippen LogP contribution in [-0.4, -0.2) is 22.6 Å². The Labute approximate surface area is 194 Å². The van der Waals surface area contributed by atoms with E-state index < -0.39 is 23.0 Å². The lowest BCUT2D eigenvalue weighted by atomic mass is 10.1. The van der Waals surface area contributed by atoms with Crippen LogP contribution in [0.15, 0.2) is 52.1 Å². The highest BCUT2D eigenvalue weighted by molar-refractivity contribution is 6.30. The number of nitrogens with one attached hydrogen (secondary N) is 1. The van der Waals surface area contributed by atoms with E-state index in [-0.39, 0.29) is 35.2 Å². The summed E-state index contributed by atoms with van der Waals surface area (Å²) in [7, 11) is 1.47. The molecule has 0 aliphatic heterocycles. The third kappa shape index (κ3) is 5.09. The molecule has 3 rings (SSSR count). The third-order valence-electron chi connectivity index (χ3n) is 5.15. The molecule has 0 aliphatic carbocycles. The molecule has 8 nitrogen and oxygen atoms in total. The largest absolute Gasteiger partial charge is 0.496 e. The number of hydrogen-bond acceptors (Lipinski definition) is 5. The zero-order valence-corrected chi connectivity index (χ0v) is 19.0. The topological polar surface area (TPSA) is 110 Å². The van der Waals surface area contributed by atoms with E-state index in [1.165, 1.54) is 23.8 Å². The van der Waals surface area contributed by atoms with Crippen LogP contribution < -0.4 is 26.6 Å². The molecule has 3 aromatic rings. The van der Waals surface area contributed by atoms with Crippen LogP contribution in [0.4, 0.5) is 15.9 Å². The van der Waals surface area contributed by atoms with E-state index >= 15 is 0 Å². The molecule has 33 heavy (non-hydrogen) atoms. The van der Waals surface area contributed by atoms with Gasteiger partial charge in [0, 0.05) is 17.1 Å². The molecule has 0 fully saturated rings. The Morgan fingerprint density at radius 3 is 2.64 bits per heavy atom. The summed E-state index contributed by atoms with van der Waals surface area (Å²) in [6.45, 7) is 2.02. The zero-order valence-electron chi connectivity index (χ0n) is 18.2. The van der Waals surface area contributed by atoms with Crippen molar-refractivity contribution in [3.8, 4) is 5.75 Å². The van der Waals surface area contributed by atoms with Crippen LogP contribution >= 0.6 is 11.6 Å². The highest BCUT2D eigenvalue weighted by atomic mass is 35.5. The van der Waals surface area contributed by atoms with Crippen LogP contribution in [0.3, 0.4) is 0 Å². The normalized spacial score (nSPS) is 10.8.